The van der Waals surface area contributed by atoms with Crippen molar-refractivity contribution in [3.63, 3.8) is 0 Å². The molecular formula is C16H24N2O2. The monoisotopic (exact) mass is 276 g/mol. The number of carbonyl (C=O) groups is 1. The molecule has 0 spiro atoms. The van der Waals surface area contributed by atoms with Gasteiger partial charge in [0, 0.05) is 19.6 Å². The van der Waals surface area contributed by atoms with E-state index in [0.717, 1.165) is 49.3 Å². The average molecular weight is 276 g/mol. The van der Waals surface area contributed by atoms with Crippen molar-refractivity contribution in [3.05, 3.63) is 34.9 Å². The smallest absolute Gasteiger partial charge is 0.328 e. The topological polar surface area (TPSA) is 52.6 Å². The highest BCUT2D eigenvalue weighted by atomic mass is 16.4. The fourth-order valence-corrected chi connectivity index (χ4v) is 3.07. The van der Waals surface area contributed by atoms with Gasteiger partial charge in [-0.15, -0.1) is 0 Å². The number of benzene rings is 1. The molecule has 0 amide bonds. The minimum atomic E-state index is -0.955. The number of aliphatic carboxylic acids is 1. The van der Waals surface area contributed by atoms with Crippen LogP contribution in [0.5, 0.6) is 0 Å². The Morgan fingerprint density at radius 2 is 2.05 bits per heavy atom. The third-order valence-electron chi connectivity index (χ3n) is 4.30. The predicted octanol–water partition coefficient (Wildman–Crippen LogP) is 1.90. The number of aryl methyl sites for hydroxylation is 2. The Labute approximate surface area is 120 Å². The van der Waals surface area contributed by atoms with Crippen molar-refractivity contribution in [2.75, 3.05) is 26.2 Å². The summed E-state index contributed by atoms with van der Waals surface area (Å²) < 4.78 is 0. The Kier molecular flexibility index (Phi) is 4.45. The second-order valence-electron chi connectivity index (χ2n) is 5.79. The summed E-state index contributed by atoms with van der Waals surface area (Å²) in [6.45, 7) is 9.23. The summed E-state index contributed by atoms with van der Waals surface area (Å²) in [5.74, 6) is -0.772. The first-order valence-corrected chi connectivity index (χ1v) is 7.23. The van der Waals surface area contributed by atoms with Crippen molar-refractivity contribution in [1.29, 1.82) is 0 Å². The number of hydrogen-bond donors (Lipinski definition) is 2. The maximum Gasteiger partial charge on any atom is 0.328 e. The number of hydrogen-bond acceptors (Lipinski definition) is 3. The molecule has 0 aliphatic carbocycles. The summed E-state index contributed by atoms with van der Waals surface area (Å²) in [6.07, 6.45) is 0.980. The van der Waals surface area contributed by atoms with Crippen LogP contribution in [0, 0.1) is 13.8 Å². The van der Waals surface area contributed by atoms with Crippen LogP contribution in [0.25, 0.3) is 0 Å². The second-order valence-corrected chi connectivity index (χ2v) is 5.79. The summed E-state index contributed by atoms with van der Waals surface area (Å²) in [5, 5.41) is 13.2. The molecule has 1 unspecified atom stereocenters. The van der Waals surface area contributed by atoms with Gasteiger partial charge < -0.3 is 10.4 Å². The third kappa shape index (κ3) is 2.72. The highest BCUT2D eigenvalue weighted by molar-refractivity contribution is 5.81. The van der Waals surface area contributed by atoms with Crippen LogP contribution in [0.15, 0.2) is 18.2 Å². The molecule has 1 fully saturated rings. The standard InChI is InChI=1S/C16H24N2O2/c1-12-5-6-14(13(2)11-12)16(3,15(19)20)18-9-4-7-17-8-10-18/h5-6,11,17H,4,7-10H2,1-3H3,(H,19,20). The normalized spacial score (nSPS) is 20.1. The van der Waals surface area contributed by atoms with Gasteiger partial charge in [-0.25, -0.2) is 4.79 Å². The van der Waals surface area contributed by atoms with E-state index in [4.69, 9.17) is 0 Å². The summed E-state index contributed by atoms with van der Waals surface area (Å²) in [4.78, 5) is 14.1. The molecule has 1 atom stereocenters. The van der Waals surface area contributed by atoms with E-state index in [1.165, 1.54) is 0 Å². The minimum absolute atomic E-state index is 0.760. The Hall–Kier alpha value is -1.39. The van der Waals surface area contributed by atoms with Crippen LogP contribution in [0.2, 0.25) is 0 Å². The SMILES string of the molecule is Cc1ccc(C(C)(C(=O)O)N2CCCNCC2)c(C)c1. The van der Waals surface area contributed by atoms with E-state index in [9.17, 15) is 9.90 Å². The van der Waals surface area contributed by atoms with Gasteiger partial charge in [0.05, 0.1) is 0 Å². The average Bonchev–Trinajstić information content (AvgIpc) is 2.66. The van der Waals surface area contributed by atoms with Crippen molar-refractivity contribution in [2.45, 2.75) is 32.7 Å². The molecule has 20 heavy (non-hydrogen) atoms. The molecule has 0 aromatic heterocycles. The van der Waals surface area contributed by atoms with Crippen LogP contribution in [-0.4, -0.2) is 42.2 Å². The van der Waals surface area contributed by atoms with Crippen molar-refractivity contribution in [3.8, 4) is 0 Å². The van der Waals surface area contributed by atoms with E-state index < -0.39 is 11.5 Å². The molecule has 0 radical (unpaired) electrons. The van der Waals surface area contributed by atoms with E-state index in [-0.39, 0.29) is 0 Å². The lowest BCUT2D eigenvalue weighted by atomic mass is 9.86. The van der Waals surface area contributed by atoms with Gasteiger partial charge in [-0.1, -0.05) is 23.8 Å². The van der Waals surface area contributed by atoms with Crippen molar-refractivity contribution >= 4 is 5.97 Å². The van der Waals surface area contributed by atoms with Crippen LogP contribution in [0.3, 0.4) is 0 Å². The first kappa shape index (κ1) is 15.0. The summed E-state index contributed by atoms with van der Waals surface area (Å²) in [6, 6.07) is 6.03. The van der Waals surface area contributed by atoms with Crippen LogP contribution < -0.4 is 5.32 Å². The fraction of sp³-hybridized carbons (Fsp3) is 0.562. The molecule has 1 aliphatic heterocycles. The van der Waals surface area contributed by atoms with E-state index in [0.29, 0.717) is 0 Å². The zero-order chi connectivity index (χ0) is 14.8. The summed E-state index contributed by atoms with van der Waals surface area (Å²) >= 11 is 0. The maximum atomic E-state index is 12.0. The fourth-order valence-electron chi connectivity index (χ4n) is 3.07. The van der Waals surface area contributed by atoms with Crippen molar-refractivity contribution < 1.29 is 9.90 Å². The molecule has 4 heteroatoms. The van der Waals surface area contributed by atoms with E-state index in [1.807, 2.05) is 32.9 Å². The highest BCUT2D eigenvalue weighted by Gasteiger charge is 2.42. The highest BCUT2D eigenvalue weighted by Crippen LogP contribution is 2.32. The second kappa shape index (κ2) is 5.94. The van der Waals surface area contributed by atoms with Gasteiger partial charge >= 0.3 is 5.97 Å². The number of nitrogens with zero attached hydrogens (tertiary/aromatic N) is 1. The van der Waals surface area contributed by atoms with Gasteiger partial charge in [0.2, 0.25) is 0 Å². The molecular weight excluding hydrogens is 252 g/mol. The Morgan fingerprint density at radius 3 is 2.70 bits per heavy atom. The first-order chi connectivity index (χ1) is 9.46. The zero-order valence-electron chi connectivity index (χ0n) is 12.6. The molecule has 1 aliphatic rings. The minimum Gasteiger partial charge on any atom is -0.480 e. The number of rotatable bonds is 3. The quantitative estimate of drug-likeness (QED) is 0.885. The van der Waals surface area contributed by atoms with Crippen LogP contribution in [-0.2, 0) is 10.3 Å². The Morgan fingerprint density at radius 1 is 1.30 bits per heavy atom. The van der Waals surface area contributed by atoms with E-state index in [1.54, 1.807) is 0 Å². The van der Waals surface area contributed by atoms with Gasteiger partial charge in [0.1, 0.15) is 5.54 Å². The van der Waals surface area contributed by atoms with Crippen LogP contribution >= 0.6 is 0 Å². The lowest BCUT2D eigenvalue weighted by Crippen LogP contribution is -2.51. The van der Waals surface area contributed by atoms with Crippen LogP contribution in [0.4, 0.5) is 0 Å². The van der Waals surface area contributed by atoms with Gasteiger partial charge in [-0.3, -0.25) is 4.90 Å². The largest absolute Gasteiger partial charge is 0.480 e. The molecule has 2 rings (SSSR count). The molecule has 4 nitrogen and oxygen atoms in total. The van der Waals surface area contributed by atoms with Crippen molar-refractivity contribution in [1.82, 2.24) is 10.2 Å². The van der Waals surface area contributed by atoms with E-state index in [2.05, 4.69) is 16.3 Å². The van der Waals surface area contributed by atoms with Gasteiger partial charge in [-0.05, 0) is 44.9 Å². The molecule has 1 heterocycles. The molecule has 2 N–H and O–H groups in total. The van der Waals surface area contributed by atoms with Gasteiger partial charge in [0.25, 0.3) is 0 Å². The number of carboxylic acid groups (broad SMARTS) is 1. The number of carboxylic acids is 1. The summed E-state index contributed by atoms with van der Waals surface area (Å²) in [7, 11) is 0. The zero-order valence-corrected chi connectivity index (χ0v) is 12.6. The number of nitrogens with one attached hydrogen (secondary N) is 1. The van der Waals surface area contributed by atoms with Gasteiger partial charge in [0.15, 0.2) is 0 Å². The lowest BCUT2D eigenvalue weighted by molar-refractivity contribution is -0.151. The lowest BCUT2D eigenvalue weighted by Gasteiger charge is -2.38. The van der Waals surface area contributed by atoms with Gasteiger partial charge in [-0.2, -0.15) is 0 Å². The molecule has 1 saturated heterocycles. The maximum absolute atomic E-state index is 12.0. The predicted molar refractivity (Wildman–Crippen MR) is 80.0 cm³/mol. The molecule has 1 aromatic carbocycles. The third-order valence-corrected chi connectivity index (χ3v) is 4.30. The Balaban J connectivity index is 2.44. The Bertz CT molecular complexity index is 493. The van der Waals surface area contributed by atoms with E-state index >= 15 is 0 Å². The molecule has 1 aromatic rings. The molecule has 110 valence electrons. The summed E-state index contributed by atoms with van der Waals surface area (Å²) in [5.41, 5.74) is 2.16. The molecule has 0 saturated carbocycles. The van der Waals surface area contributed by atoms with Crippen LogP contribution in [0.1, 0.15) is 30.0 Å². The van der Waals surface area contributed by atoms with Crippen molar-refractivity contribution in [2.24, 2.45) is 0 Å². The molecule has 0 bridgehead atoms. The first-order valence-electron chi connectivity index (χ1n) is 7.23.